The molecule has 0 aliphatic carbocycles. The summed E-state index contributed by atoms with van der Waals surface area (Å²) in [5.41, 5.74) is 1.69. The number of benzene rings is 2. The summed E-state index contributed by atoms with van der Waals surface area (Å²) in [5.74, 6) is 0. The van der Waals surface area contributed by atoms with Crippen molar-refractivity contribution in [2.24, 2.45) is 5.14 Å². The summed E-state index contributed by atoms with van der Waals surface area (Å²) in [5, 5.41) is 5.04. The zero-order chi connectivity index (χ0) is 16.5. The van der Waals surface area contributed by atoms with E-state index in [1.54, 1.807) is 19.1 Å². The van der Waals surface area contributed by atoms with Gasteiger partial charge >= 0.3 is 0 Å². The molecule has 0 saturated carbocycles. The van der Waals surface area contributed by atoms with E-state index in [0.717, 1.165) is 5.56 Å². The fourth-order valence-electron chi connectivity index (χ4n) is 2.05. The predicted molar refractivity (Wildman–Crippen MR) is 84.5 cm³/mol. The second-order valence-corrected chi connectivity index (χ2v) is 8.16. The number of aryl methyl sites for hydroxylation is 2. The van der Waals surface area contributed by atoms with Gasteiger partial charge in [0.2, 0.25) is 10.0 Å². The highest BCUT2D eigenvalue weighted by molar-refractivity contribution is 7.92. The summed E-state index contributed by atoms with van der Waals surface area (Å²) in [6.45, 7) is 3.56. The van der Waals surface area contributed by atoms with Crippen molar-refractivity contribution < 1.29 is 16.8 Å². The van der Waals surface area contributed by atoms with E-state index in [4.69, 9.17) is 5.14 Å². The molecule has 8 heteroatoms. The molecule has 0 bridgehead atoms. The maximum Gasteiger partial charge on any atom is 0.262 e. The molecular weight excluding hydrogens is 324 g/mol. The summed E-state index contributed by atoms with van der Waals surface area (Å²) < 4.78 is 49.8. The Morgan fingerprint density at radius 2 is 1.64 bits per heavy atom. The van der Waals surface area contributed by atoms with Crippen LogP contribution in [0.1, 0.15) is 11.1 Å². The van der Waals surface area contributed by atoms with Gasteiger partial charge in [-0.15, -0.1) is 0 Å². The molecule has 0 radical (unpaired) electrons. The SMILES string of the molecule is Cc1ccc(S(=O)(=O)Nc2cccc(S(N)(=O)=O)c2)c(C)c1. The lowest BCUT2D eigenvalue weighted by Crippen LogP contribution is -2.16. The van der Waals surface area contributed by atoms with Crippen LogP contribution in [-0.2, 0) is 20.0 Å². The number of rotatable bonds is 4. The van der Waals surface area contributed by atoms with Crippen LogP contribution in [0.2, 0.25) is 0 Å². The largest absolute Gasteiger partial charge is 0.280 e. The summed E-state index contributed by atoms with van der Waals surface area (Å²) in [6.07, 6.45) is 0. The second-order valence-electron chi connectivity index (χ2n) is 4.95. The summed E-state index contributed by atoms with van der Waals surface area (Å²) >= 11 is 0. The van der Waals surface area contributed by atoms with Gasteiger partial charge in [-0.3, -0.25) is 4.72 Å². The van der Waals surface area contributed by atoms with Crippen LogP contribution in [-0.4, -0.2) is 16.8 Å². The molecule has 0 aromatic heterocycles. The van der Waals surface area contributed by atoms with Crippen LogP contribution in [0, 0.1) is 13.8 Å². The molecule has 118 valence electrons. The molecule has 0 aliphatic heterocycles. The van der Waals surface area contributed by atoms with Crippen molar-refractivity contribution in [3.8, 4) is 0 Å². The molecule has 0 heterocycles. The maximum atomic E-state index is 12.4. The predicted octanol–water partition coefficient (Wildman–Crippen LogP) is 1.75. The van der Waals surface area contributed by atoms with Crippen molar-refractivity contribution in [2.75, 3.05) is 4.72 Å². The Morgan fingerprint density at radius 3 is 2.23 bits per heavy atom. The van der Waals surface area contributed by atoms with Gasteiger partial charge in [-0.1, -0.05) is 23.8 Å². The number of hydrogen-bond donors (Lipinski definition) is 2. The van der Waals surface area contributed by atoms with Crippen LogP contribution in [0.4, 0.5) is 5.69 Å². The van der Waals surface area contributed by atoms with Crippen molar-refractivity contribution in [3.63, 3.8) is 0 Å². The first-order chi connectivity index (χ1) is 10.1. The zero-order valence-corrected chi connectivity index (χ0v) is 13.7. The Bertz CT molecular complexity index is 920. The van der Waals surface area contributed by atoms with Gasteiger partial charge in [0.1, 0.15) is 0 Å². The van der Waals surface area contributed by atoms with Gasteiger partial charge in [0.25, 0.3) is 10.0 Å². The monoisotopic (exact) mass is 340 g/mol. The van der Waals surface area contributed by atoms with E-state index in [1.165, 1.54) is 30.3 Å². The molecule has 2 aromatic carbocycles. The van der Waals surface area contributed by atoms with E-state index >= 15 is 0 Å². The third-order valence-corrected chi connectivity index (χ3v) is 5.49. The Balaban J connectivity index is 2.41. The van der Waals surface area contributed by atoms with E-state index in [-0.39, 0.29) is 15.5 Å². The third-order valence-electron chi connectivity index (χ3n) is 3.03. The second kappa shape index (κ2) is 5.71. The summed E-state index contributed by atoms with van der Waals surface area (Å²) in [7, 11) is -7.70. The third kappa shape index (κ3) is 3.65. The Morgan fingerprint density at radius 1 is 0.955 bits per heavy atom. The quantitative estimate of drug-likeness (QED) is 0.884. The molecule has 0 spiro atoms. The average Bonchev–Trinajstić information content (AvgIpc) is 2.36. The summed E-state index contributed by atoms with van der Waals surface area (Å²) in [6, 6.07) is 10.3. The number of anilines is 1. The minimum Gasteiger partial charge on any atom is -0.280 e. The molecule has 2 rings (SSSR count). The van der Waals surface area contributed by atoms with Gasteiger partial charge in [-0.25, -0.2) is 22.0 Å². The minimum absolute atomic E-state index is 0.131. The maximum absolute atomic E-state index is 12.4. The van der Waals surface area contributed by atoms with Gasteiger partial charge in [0.05, 0.1) is 15.5 Å². The van der Waals surface area contributed by atoms with Crippen LogP contribution in [0.5, 0.6) is 0 Å². The topological polar surface area (TPSA) is 106 Å². The van der Waals surface area contributed by atoms with Crippen molar-refractivity contribution in [2.45, 2.75) is 23.6 Å². The number of sulfonamides is 2. The fraction of sp³-hybridized carbons (Fsp3) is 0.143. The molecule has 0 aliphatic rings. The first kappa shape index (κ1) is 16.5. The summed E-state index contributed by atoms with van der Waals surface area (Å²) in [4.78, 5) is -0.0209. The number of hydrogen-bond acceptors (Lipinski definition) is 4. The first-order valence-corrected chi connectivity index (χ1v) is 9.35. The Labute approximate surface area is 130 Å². The highest BCUT2D eigenvalue weighted by Gasteiger charge is 2.18. The van der Waals surface area contributed by atoms with Crippen LogP contribution in [0.25, 0.3) is 0 Å². The van der Waals surface area contributed by atoms with Crippen LogP contribution < -0.4 is 9.86 Å². The lowest BCUT2D eigenvalue weighted by molar-refractivity contribution is 0.596. The first-order valence-electron chi connectivity index (χ1n) is 6.32. The highest BCUT2D eigenvalue weighted by Crippen LogP contribution is 2.21. The van der Waals surface area contributed by atoms with Crippen LogP contribution in [0.3, 0.4) is 0 Å². The van der Waals surface area contributed by atoms with Gasteiger partial charge in [0, 0.05) is 0 Å². The Hall–Kier alpha value is -1.90. The molecule has 0 atom stereocenters. The van der Waals surface area contributed by atoms with Crippen LogP contribution >= 0.6 is 0 Å². The molecule has 2 aromatic rings. The van der Waals surface area contributed by atoms with Crippen molar-refractivity contribution in [1.29, 1.82) is 0 Å². The van der Waals surface area contributed by atoms with E-state index in [9.17, 15) is 16.8 Å². The van der Waals surface area contributed by atoms with Crippen LogP contribution in [0.15, 0.2) is 52.3 Å². The molecule has 0 unspecified atom stereocenters. The molecule has 3 N–H and O–H groups in total. The molecule has 0 fully saturated rings. The van der Waals surface area contributed by atoms with E-state index in [0.29, 0.717) is 5.56 Å². The molecule has 6 nitrogen and oxygen atoms in total. The normalized spacial score (nSPS) is 12.1. The number of nitrogens with one attached hydrogen (secondary N) is 1. The minimum atomic E-state index is -3.89. The average molecular weight is 340 g/mol. The molecular formula is C14H16N2O4S2. The molecule has 0 saturated heterocycles. The number of nitrogens with two attached hydrogens (primary N) is 1. The Kier molecular flexibility index (Phi) is 4.28. The van der Waals surface area contributed by atoms with Gasteiger partial charge < -0.3 is 0 Å². The van der Waals surface area contributed by atoms with Gasteiger partial charge in [-0.05, 0) is 43.7 Å². The molecule has 22 heavy (non-hydrogen) atoms. The van der Waals surface area contributed by atoms with Crippen molar-refractivity contribution >= 4 is 25.7 Å². The van der Waals surface area contributed by atoms with E-state index < -0.39 is 20.0 Å². The van der Waals surface area contributed by atoms with Gasteiger partial charge in [0.15, 0.2) is 0 Å². The lowest BCUT2D eigenvalue weighted by atomic mass is 10.2. The van der Waals surface area contributed by atoms with Gasteiger partial charge in [-0.2, -0.15) is 0 Å². The standard InChI is InChI=1S/C14H16N2O4S2/c1-10-6-7-14(11(2)8-10)22(19,20)16-12-4-3-5-13(9-12)21(15,17)18/h3-9,16H,1-2H3,(H2,15,17,18). The van der Waals surface area contributed by atoms with Crippen molar-refractivity contribution in [3.05, 3.63) is 53.6 Å². The van der Waals surface area contributed by atoms with E-state index in [2.05, 4.69) is 4.72 Å². The lowest BCUT2D eigenvalue weighted by Gasteiger charge is -2.11. The smallest absolute Gasteiger partial charge is 0.262 e. The van der Waals surface area contributed by atoms with E-state index in [1.807, 2.05) is 6.92 Å². The fourth-order valence-corrected chi connectivity index (χ4v) is 3.88. The zero-order valence-electron chi connectivity index (χ0n) is 12.1. The highest BCUT2D eigenvalue weighted by atomic mass is 32.2. The van der Waals surface area contributed by atoms with Crippen molar-refractivity contribution in [1.82, 2.24) is 0 Å². The number of primary sulfonamides is 1. The molecule has 0 amide bonds.